The van der Waals surface area contributed by atoms with E-state index in [9.17, 15) is 4.79 Å². The summed E-state index contributed by atoms with van der Waals surface area (Å²) in [6.45, 7) is 5.07. The molecule has 1 aromatic rings. The first-order chi connectivity index (χ1) is 8.24. The van der Waals surface area contributed by atoms with E-state index in [-0.39, 0.29) is 5.91 Å². The topological polar surface area (TPSA) is 46.1 Å². The molecule has 94 valence electrons. The standard InChI is InChI=1S/C12H19N3OS/c1-3-15(10-7-5-4-6-9(10)2)12(16)11-8-13-14-17-11/h8-10H,3-7H2,1-2H3. The molecule has 0 radical (unpaired) electrons. The number of hydrogen-bond donors (Lipinski definition) is 0. The van der Waals surface area contributed by atoms with Gasteiger partial charge in [0, 0.05) is 12.6 Å². The maximum absolute atomic E-state index is 12.3. The Hall–Kier alpha value is -0.970. The number of carbonyl (C=O) groups is 1. The first-order valence-corrected chi connectivity index (χ1v) is 7.09. The van der Waals surface area contributed by atoms with Gasteiger partial charge in [0.25, 0.3) is 5.91 Å². The zero-order valence-electron chi connectivity index (χ0n) is 10.4. The number of nitrogens with zero attached hydrogens (tertiary/aromatic N) is 3. The summed E-state index contributed by atoms with van der Waals surface area (Å²) < 4.78 is 3.77. The Morgan fingerprint density at radius 1 is 1.53 bits per heavy atom. The molecule has 1 aliphatic rings. The molecule has 1 amide bonds. The van der Waals surface area contributed by atoms with E-state index in [4.69, 9.17) is 0 Å². The van der Waals surface area contributed by atoms with Crippen LogP contribution < -0.4 is 0 Å². The van der Waals surface area contributed by atoms with Crippen LogP contribution in [0.4, 0.5) is 0 Å². The molecule has 1 heterocycles. The molecule has 1 aromatic heterocycles. The summed E-state index contributed by atoms with van der Waals surface area (Å²) in [5.41, 5.74) is 0. The first-order valence-electron chi connectivity index (χ1n) is 6.32. The molecular weight excluding hydrogens is 234 g/mol. The van der Waals surface area contributed by atoms with Crippen molar-refractivity contribution in [3.63, 3.8) is 0 Å². The summed E-state index contributed by atoms with van der Waals surface area (Å²) in [6.07, 6.45) is 6.47. The smallest absolute Gasteiger partial charge is 0.267 e. The van der Waals surface area contributed by atoms with Crippen molar-refractivity contribution in [2.75, 3.05) is 6.54 Å². The summed E-state index contributed by atoms with van der Waals surface area (Å²) >= 11 is 1.19. The van der Waals surface area contributed by atoms with Crippen molar-refractivity contribution in [1.29, 1.82) is 0 Å². The molecule has 0 N–H and O–H groups in total. The Morgan fingerprint density at radius 2 is 2.29 bits per heavy atom. The molecule has 5 heteroatoms. The van der Waals surface area contributed by atoms with Crippen LogP contribution in [0.3, 0.4) is 0 Å². The van der Waals surface area contributed by atoms with E-state index in [1.54, 1.807) is 6.20 Å². The van der Waals surface area contributed by atoms with Crippen molar-refractivity contribution >= 4 is 17.4 Å². The predicted molar refractivity (Wildman–Crippen MR) is 68.0 cm³/mol. The number of aromatic nitrogens is 2. The molecule has 0 spiro atoms. The van der Waals surface area contributed by atoms with Gasteiger partial charge in [-0.05, 0) is 37.2 Å². The molecule has 1 aliphatic carbocycles. The van der Waals surface area contributed by atoms with Crippen LogP contribution in [0.15, 0.2) is 6.20 Å². The SMILES string of the molecule is CCN(C(=O)c1cnns1)C1CCCCC1C. The van der Waals surface area contributed by atoms with Crippen LogP contribution in [0.5, 0.6) is 0 Å². The number of rotatable bonds is 3. The summed E-state index contributed by atoms with van der Waals surface area (Å²) in [4.78, 5) is 15.0. The molecule has 17 heavy (non-hydrogen) atoms. The normalized spacial score (nSPS) is 24.6. The average Bonchev–Trinajstić information content (AvgIpc) is 2.86. The summed E-state index contributed by atoms with van der Waals surface area (Å²) in [5.74, 6) is 0.704. The highest BCUT2D eigenvalue weighted by molar-refractivity contribution is 7.07. The second kappa shape index (κ2) is 5.58. The predicted octanol–water partition coefficient (Wildman–Crippen LogP) is 2.58. The van der Waals surface area contributed by atoms with E-state index in [2.05, 4.69) is 16.5 Å². The average molecular weight is 253 g/mol. The van der Waals surface area contributed by atoms with E-state index in [0.29, 0.717) is 16.8 Å². The number of amides is 1. The molecule has 2 unspecified atom stereocenters. The third kappa shape index (κ3) is 2.65. The van der Waals surface area contributed by atoms with Crippen LogP contribution >= 0.6 is 11.5 Å². The molecule has 0 aromatic carbocycles. The third-order valence-corrected chi connectivity index (χ3v) is 4.29. The van der Waals surface area contributed by atoms with Crippen LogP contribution in [-0.2, 0) is 0 Å². The lowest BCUT2D eigenvalue weighted by Crippen LogP contribution is -2.44. The molecule has 0 bridgehead atoms. The Labute approximate surface area is 106 Å². The Bertz CT molecular complexity index is 366. The van der Waals surface area contributed by atoms with E-state index in [1.165, 1.54) is 30.8 Å². The van der Waals surface area contributed by atoms with Gasteiger partial charge < -0.3 is 4.90 Å². The molecule has 1 fully saturated rings. The fraction of sp³-hybridized carbons (Fsp3) is 0.750. The zero-order valence-corrected chi connectivity index (χ0v) is 11.2. The molecule has 0 saturated heterocycles. The van der Waals surface area contributed by atoms with Crippen LogP contribution in [0.2, 0.25) is 0 Å². The van der Waals surface area contributed by atoms with Gasteiger partial charge in [0.1, 0.15) is 4.88 Å². The lowest BCUT2D eigenvalue weighted by Gasteiger charge is -2.37. The van der Waals surface area contributed by atoms with Crippen LogP contribution in [-0.4, -0.2) is 33.0 Å². The van der Waals surface area contributed by atoms with Crippen LogP contribution in [0, 0.1) is 5.92 Å². The largest absolute Gasteiger partial charge is 0.335 e. The quantitative estimate of drug-likeness (QED) is 0.831. The van der Waals surface area contributed by atoms with Gasteiger partial charge in [-0.15, -0.1) is 5.10 Å². The van der Waals surface area contributed by atoms with Gasteiger partial charge >= 0.3 is 0 Å². The van der Waals surface area contributed by atoms with Crippen molar-refractivity contribution in [3.05, 3.63) is 11.1 Å². The minimum atomic E-state index is 0.0984. The van der Waals surface area contributed by atoms with Crippen molar-refractivity contribution < 1.29 is 4.79 Å². The molecular formula is C12H19N3OS. The van der Waals surface area contributed by atoms with Gasteiger partial charge in [0.2, 0.25) is 0 Å². The van der Waals surface area contributed by atoms with Gasteiger partial charge in [0.15, 0.2) is 0 Å². The summed E-state index contributed by atoms with van der Waals surface area (Å²) in [7, 11) is 0. The van der Waals surface area contributed by atoms with Crippen molar-refractivity contribution in [2.45, 2.75) is 45.6 Å². The van der Waals surface area contributed by atoms with Gasteiger partial charge in [0.05, 0.1) is 6.20 Å². The Morgan fingerprint density at radius 3 is 2.88 bits per heavy atom. The van der Waals surface area contributed by atoms with E-state index < -0.39 is 0 Å². The summed E-state index contributed by atoms with van der Waals surface area (Å²) in [6, 6.07) is 0.392. The molecule has 2 rings (SSSR count). The molecule has 4 nitrogen and oxygen atoms in total. The van der Waals surface area contributed by atoms with Crippen LogP contribution in [0.25, 0.3) is 0 Å². The summed E-state index contributed by atoms with van der Waals surface area (Å²) in [5, 5.41) is 3.75. The van der Waals surface area contributed by atoms with Crippen LogP contribution in [0.1, 0.15) is 49.2 Å². The number of hydrogen-bond acceptors (Lipinski definition) is 4. The van der Waals surface area contributed by atoms with E-state index >= 15 is 0 Å². The number of carbonyl (C=O) groups excluding carboxylic acids is 1. The Balaban J connectivity index is 2.12. The van der Waals surface area contributed by atoms with Crippen molar-refractivity contribution in [2.24, 2.45) is 5.92 Å². The molecule has 2 atom stereocenters. The highest BCUT2D eigenvalue weighted by atomic mass is 32.1. The minimum Gasteiger partial charge on any atom is -0.335 e. The molecule has 0 aliphatic heterocycles. The second-order valence-electron chi connectivity index (χ2n) is 4.70. The maximum Gasteiger partial charge on any atom is 0.267 e. The van der Waals surface area contributed by atoms with Crippen molar-refractivity contribution in [3.8, 4) is 0 Å². The van der Waals surface area contributed by atoms with E-state index in [1.807, 2.05) is 11.8 Å². The minimum absolute atomic E-state index is 0.0984. The third-order valence-electron chi connectivity index (χ3n) is 3.64. The fourth-order valence-corrected chi connectivity index (χ4v) is 3.16. The van der Waals surface area contributed by atoms with Gasteiger partial charge in [-0.1, -0.05) is 24.3 Å². The first kappa shape index (κ1) is 12.5. The second-order valence-corrected chi connectivity index (χ2v) is 5.49. The monoisotopic (exact) mass is 253 g/mol. The van der Waals surface area contributed by atoms with Crippen molar-refractivity contribution in [1.82, 2.24) is 14.5 Å². The fourth-order valence-electron chi connectivity index (χ4n) is 2.69. The lowest BCUT2D eigenvalue weighted by molar-refractivity contribution is 0.0574. The van der Waals surface area contributed by atoms with Gasteiger partial charge in [-0.2, -0.15) is 0 Å². The van der Waals surface area contributed by atoms with E-state index in [0.717, 1.165) is 13.0 Å². The maximum atomic E-state index is 12.3. The van der Waals surface area contributed by atoms with Gasteiger partial charge in [-0.3, -0.25) is 4.79 Å². The zero-order chi connectivity index (χ0) is 12.3. The molecule has 1 saturated carbocycles. The van der Waals surface area contributed by atoms with Gasteiger partial charge in [-0.25, -0.2) is 0 Å². The highest BCUT2D eigenvalue weighted by Crippen LogP contribution is 2.29. The highest BCUT2D eigenvalue weighted by Gasteiger charge is 2.30. The Kier molecular flexibility index (Phi) is 4.10. The lowest BCUT2D eigenvalue weighted by atomic mass is 9.85.